The molecular formula is C21H28ClN5O3S. The molecule has 0 saturated carbocycles. The number of likely N-dealkylation sites (tertiary alicyclic amines) is 1. The lowest BCUT2D eigenvalue weighted by Crippen LogP contribution is -2.56. The summed E-state index contributed by atoms with van der Waals surface area (Å²) in [6.07, 6.45) is 0. The Morgan fingerprint density at radius 1 is 1.19 bits per heavy atom. The number of halogens is 1. The molecule has 0 radical (unpaired) electrons. The second-order valence-corrected chi connectivity index (χ2v) is 10.7. The molecule has 2 amide bonds. The van der Waals surface area contributed by atoms with Gasteiger partial charge in [0.1, 0.15) is 5.82 Å². The van der Waals surface area contributed by atoms with Crippen LogP contribution in [0.25, 0.3) is 0 Å². The van der Waals surface area contributed by atoms with Crippen molar-refractivity contribution in [3.05, 3.63) is 28.2 Å². The third kappa shape index (κ3) is 4.44. The Bertz CT molecular complexity index is 970. The minimum atomic E-state index is -0.579. The summed E-state index contributed by atoms with van der Waals surface area (Å²) in [4.78, 5) is 31.4. The van der Waals surface area contributed by atoms with Crippen molar-refractivity contribution in [2.24, 2.45) is 5.41 Å². The summed E-state index contributed by atoms with van der Waals surface area (Å²) in [6, 6.07) is 5.78. The topological polar surface area (TPSA) is 70.9 Å². The van der Waals surface area contributed by atoms with Crippen LogP contribution in [0.3, 0.4) is 0 Å². The van der Waals surface area contributed by atoms with E-state index in [-0.39, 0.29) is 17.9 Å². The van der Waals surface area contributed by atoms with Crippen LogP contribution in [-0.4, -0.2) is 78.0 Å². The second-order valence-electron chi connectivity index (χ2n) is 9.02. The predicted octanol–water partition coefficient (Wildman–Crippen LogP) is 3.90. The maximum atomic E-state index is 13.1. The number of thiophene rings is 1. The summed E-state index contributed by atoms with van der Waals surface area (Å²) in [7, 11) is 1.91. The van der Waals surface area contributed by atoms with Gasteiger partial charge < -0.3 is 19.4 Å². The molecule has 2 fully saturated rings. The van der Waals surface area contributed by atoms with Gasteiger partial charge in [0.15, 0.2) is 0 Å². The molecule has 2 saturated heterocycles. The SMILES string of the molecule is CN(c1ccc(Cl)s1)c1cc(C2CN(C(=O)N3CCOCC3)C2)nn1C(=O)C(C)(C)C. The van der Waals surface area contributed by atoms with Crippen LogP contribution >= 0.6 is 22.9 Å². The van der Waals surface area contributed by atoms with E-state index in [0.717, 1.165) is 10.7 Å². The number of morpholine rings is 1. The molecule has 0 spiro atoms. The Kier molecular flexibility index (Phi) is 6.02. The molecule has 2 aromatic heterocycles. The van der Waals surface area contributed by atoms with Gasteiger partial charge in [0.05, 0.1) is 28.2 Å². The first-order valence-corrected chi connectivity index (χ1v) is 11.6. The minimum Gasteiger partial charge on any atom is -0.378 e. The predicted molar refractivity (Wildman–Crippen MR) is 122 cm³/mol. The van der Waals surface area contributed by atoms with Gasteiger partial charge in [0.2, 0.25) is 0 Å². The van der Waals surface area contributed by atoms with Gasteiger partial charge in [-0.15, -0.1) is 11.3 Å². The molecule has 0 atom stereocenters. The molecule has 2 aromatic rings. The molecule has 10 heteroatoms. The summed E-state index contributed by atoms with van der Waals surface area (Å²) < 4.78 is 7.51. The fraction of sp³-hybridized carbons (Fsp3) is 0.571. The molecule has 0 unspecified atom stereocenters. The number of anilines is 2. The zero-order valence-electron chi connectivity index (χ0n) is 18.3. The van der Waals surface area contributed by atoms with E-state index in [2.05, 4.69) is 5.10 Å². The van der Waals surface area contributed by atoms with Gasteiger partial charge in [-0.3, -0.25) is 4.79 Å². The van der Waals surface area contributed by atoms with Crippen LogP contribution < -0.4 is 4.90 Å². The quantitative estimate of drug-likeness (QED) is 0.687. The molecule has 0 bridgehead atoms. The van der Waals surface area contributed by atoms with E-state index in [1.165, 1.54) is 16.0 Å². The van der Waals surface area contributed by atoms with E-state index < -0.39 is 5.41 Å². The van der Waals surface area contributed by atoms with Crippen LogP contribution in [0.5, 0.6) is 0 Å². The number of urea groups is 1. The van der Waals surface area contributed by atoms with Gasteiger partial charge in [-0.1, -0.05) is 32.4 Å². The standard InChI is InChI=1S/C21H28ClN5O3S/c1-21(2,3)19(28)27-17(24(4)18-6-5-16(22)31-18)11-15(23-27)14-12-26(13-14)20(29)25-7-9-30-10-8-25/h5-6,11,14H,7-10,12-13H2,1-4H3. The Balaban J connectivity index is 1.54. The van der Waals surface area contributed by atoms with E-state index in [9.17, 15) is 9.59 Å². The van der Waals surface area contributed by atoms with E-state index in [0.29, 0.717) is 49.5 Å². The summed E-state index contributed by atoms with van der Waals surface area (Å²) in [6.45, 7) is 9.29. The van der Waals surface area contributed by atoms with E-state index in [4.69, 9.17) is 16.3 Å². The number of carbonyl (C=O) groups is 2. The lowest BCUT2D eigenvalue weighted by molar-refractivity contribution is 0.0346. The van der Waals surface area contributed by atoms with Crippen molar-refractivity contribution in [3.63, 3.8) is 0 Å². The molecule has 0 aromatic carbocycles. The number of hydrogen-bond donors (Lipinski definition) is 0. The minimum absolute atomic E-state index is 0.0512. The van der Waals surface area contributed by atoms with Crippen molar-refractivity contribution in [2.75, 3.05) is 51.3 Å². The van der Waals surface area contributed by atoms with Crippen LogP contribution in [0.4, 0.5) is 15.6 Å². The Morgan fingerprint density at radius 3 is 2.45 bits per heavy atom. The highest BCUT2D eigenvalue weighted by Crippen LogP contribution is 2.36. The number of ether oxygens (including phenoxy) is 1. The van der Waals surface area contributed by atoms with E-state index >= 15 is 0 Å². The Labute approximate surface area is 191 Å². The van der Waals surface area contributed by atoms with Crippen LogP contribution in [0.2, 0.25) is 4.34 Å². The fourth-order valence-corrected chi connectivity index (χ4v) is 4.67. The van der Waals surface area contributed by atoms with Crippen molar-refractivity contribution in [2.45, 2.75) is 26.7 Å². The third-order valence-corrected chi connectivity index (χ3v) is 6.94. The smallest absolute Gasteiger partial charge is 0.320 e. The van der Waals surface area contributed by atoms with Gasteiger partial charge in [-0.05, 0) is 12.1 Å². The first kappa shape index (κ1) is 22.1. The van der Waals surface area contributed by atoms with Crippen molar-refractivity contribution in [3.8, 4) is 0 Å². The van der Waals surface area contributed by atoms with Crippen LogP contribution in [0, 0.1) is 5.41 Å². The molecule has 168 valence electrons. The van der Waals surface area contributed by atoms with E-state index in [1.807, 2.05) is 60.7 Å². The lowest BCUT2D eigenvalue weighted by atomic mass is 9.96. The highest BCUT2D eigenvalue weighted by molar-refractivity contribution is 7.20. The number of nitrogens with zero attached hydrogens (tertiary/aromatic N) is 5. The first-order chi connectivity index (χ1) is 14.6. The Morgan fingerprint density at radius 2 is 1.87 bits per heavy atom. The zero-order valence-corrected chi connectivity index (χ0v) is 19.9. The van der Waals surface area contributed by atoms with Gasteiger partial charge in [-0.2, -0.15) is 9.78 Å². The van der Waals surface area contributed by atoms with Crippen LogP contribution in [0.1, 0.15) is 37.2 Å². The molecule has 2 aliphatic heterocycles. The highest BCUT2D eigenvalue weighted by Gasteiger charge is 2.38. The Hall–Kier alpha value is -2.10. The lowest BCUT2D eigenvalue weighted by Gasteiger charge is -2.42. The number of hydrogen-bond acceptors (Lipinski definition) is 6. The van der Waals surface area contributed by atoms with Crippen molar-refractivity contribution in [1.82, 2.24) is 19.6 Å². The third-order valence-electron chi connectivity index (χ3n) is 5.63. The van der Waals surface area contributed by atoms with Gasteiger partial charge in [-0.25, -0.2) is 4.79 Å². The average Bonchev–Trinajstić information content (AvgIpc) is 3.32. The molecule has 31 heavy (non-hydrogen) atoms. The van der Waals surface area contributed by atoms with Crippen molar-refractivity contribution >= 4 is 45.7 Å². The number of carbonyl (C=O) groups excluding carboxylic acids is 2. The molecule has 4 heterocycles. The molecule has 0 aliphatic carbocycles. The van der Waals surface area contributed by atoms with Gasteiger partial charge >= 0.3 is 6.03 Å². The summed E-state index contributed by atoms with van der Waals surface area (Å²) in [5.74, 6) is 0.730. The summed E-state index contributed by atoms with van der Waals surface area (Å²) in [5, 5.41) is 5.61. The molecule has 4 rings (SSSR count). The van der Waals surface area contributed by atoms with Crippen LogP contribution in [0.15, 0.2) is 18.2 Å². The first-order valence-electron chi connectivity index (χ1n) is 10.4. The molecule has 0 N–H and O–H groups in total. The van der Waals surface area contributed by atoms with Crippen molar-refractivity contribution < 1.29 is 14.3 Å². The zero-order chi connectivity index (χ0) is 22.3. The maximum Gasteiger partial charge on any atom is 0.320 e. The monoisotopic (exact) mass is 465 g/mol. The van der Waals surface area contributed by atoms with Crippen molar-refractivity contribution in [1.29, 1.82) is 0 Å². The van der Waals surface area contributed by atoms with Gasteiger partial charge in [0, 0.05) is 50.6 Å². The average molecular weight is 466 g/mol. The number of rotatable bonds is 3. The molecule has 8 nitrogen and oxygen atoms in total. The van der Waals surface area contributed by atoms with Gasteiger partial charge in [0.25, 0.3) is 5.91 Å². The number of amides is 2. The summed E-state index contributed by atoms with van der Waals surface area (Å²) >= 11 is 7.56. The second kappa shape index (κ2) is 8.44. The normalized spacial score (nSPS) is 17.6. The molecule has 2 aliphatic rings. The summed E-state index contributed by atoms with van der Waals surface area (Å²) in [5.41, 5.74) is 0.248. The van der Waals surface area contributed by atoms with Crippen LogP contribution in [-0.2, 0) is 4.74 Å². The highest BCUT2D eigenvalue weighted by atomic mass is 35.5. The fourth-order valence-electron chi connectivity index (χ4n) is 3.67. The maximum absolute atomic E-state index is 13.1. The number of aromatic nitrogens is 2. The molecular weight excluding hydrogens is 438 g/mol. The van der Waals surface area contributed by atoms with E-state index in [1.54, 1.807) is 0 Å². The largest absolute Gasteiger partial charge is 0.378 e.